The van der Waals surface area contributed by atoms with Crippen LogP contribution in [-0.2, 0) is 21.4 Å². The van der Waals surface area contributed by atoms with Crippen molar-refractivity contribution in [2.45, 2.75) is 43.3 Å². The van der Waals surface area contributed by atoms with Crippen LogP contribution < -0.4 is 4.72 Å². The fraction of sp³-hybridized carbons (Fsp3) is 0.300. The molecule has 1 fully saturated rings. The molecule has 1 N–H and O–H groups in total. The van der Waals surface area contributed by atoms with E-state index in [1.54, 1.807) is 48.2 Å². The highest BCUT2D eigenvalue weighted by Gasteiger charge is 2.36. The molecule has 0 saturated heterocycles. The molecule has 1 atom stereocenters. The van der Waals surface area contributed by atoms with Crippen LogP contribution in [0.3, 0.4) is 0 Å². The van der Waals surface area contributed by atoms with Crippen LogP contribution in [0, 0.1) is 5.82 Å². The smallest absolute Gasteiger partial charge is 0.263 e. The molecule has 0 radical (unpaired) electrons. The number of carbonyl (C=O) groups is 1. The minimum Gasteiger partial charge on any atom is -0.333 e. The average molecular weight is 401 g/mol. The zero-order chi connectivity index (χ0) is 19.9. The Bertz CT molecular complexity index is 1060. The number of nitrogens with one attached hydrogen (secondary N) is 1. The lowest BCUT2D eigenvalue weighted by atomic mass is 10.1. The van der Waals surface area contributed by atoms with E-state index >= 15 is 0 Å². The van der Waals surface area contributed by atoms with Crippen molar-refractivity contribution in [2.75, 3.05) is 0 Å². The molecule has 1 aliphatic carbocycles. The van der Waals surface area contributed by atoms with Crippen molar-refractivity contribution in [1.82, 2.24) is 9.62 Å². The van der Waals surface area contributed by atoms with Crippen LogP contribution in [0.4, 0.5) is 4.39 Å². The number of nitrogens with zero attached hydrogens (tertiary/aromatic N) is 2. The average Bonchev–Trinajstić information content (AvgIpc) is 3.47. The molecule has 28 heavy (non-hydrogen) atoms. The molecule has 2 aliphatic rings. The van der Waals surface area contributed by atoms with Gasteiger partial charge in [0, 0.05) is 23.7 Å². The van der Waals surface area contributed by atoms with E-state index in [4.69, 9.17) is 0 Å². The number of sulfonamides is 1. The molecule has 0 aromatic heterocycles. The van der Waals surface area contributed by atoms with Gasteiger partial charge in [-0.05, 0) is 38.0 Å². The van der Waals surface area contributed by atoms with Crippen molar-refractivity contribution in [3.8, 4) is 0 Å². The monoisotopic (exact) mass is 401 g/mol. The second-order valence-corrected chi connectivity index (χ2v) is 8.69. The molecule has 6 nitrogen and oxygen atoms in total. The van der Waals surface area contributed by atoms with Crippen molar-refractivity contribution in [3.05, 3.63) is 65.5 Å². The maximum atomic E-state index is 14.0. The van der Waals surface area contributed by atoms with E-state index < -0.39 is 16.1 Å². The predicted octanol–water partition coefficient (Wildman–Crippen LogP) is 2.44. The SMILES string of the molecule is C[C@H](N=C1NS(=O)(=O)c2ccccc21)C(=O)N(Cc1ccccc1F)C1CC1. The Morgan fingerprint density at radius 2 is 1.89 bits per heavy atom. The number of aliphatic imine (C=N–C) groups is 1. The third-order valence-corrected chi connectivity index (χ3v) is 6.31. The number of rotatable bonds is 5. The van der Waals surface area contributed by atoms with E-state index in [1.165, 1.54) is 12.1 Å². The third-order valence-electron chi connectivity index (χ3n) is 4.91. The first-order valence-corrected chi connectivity index (χ1v) is 10.6. The van der Waals surface area contributed by atoms with Crippen LogP contribution in [0.1, 0.15) is 30.9 Å². The number of benzene rings is 2. The maximum absolute atomic E-state index is 14.0. The molecule has 0 unspecified atom stereocenters. The van der Waals surface area contributed by atoms with Gasteiger partial charge in [-0.15, -0.1) is 0 Å². The first kappa shape index (κ1) is 18.6. The van der Waals surface area contributed by atoms with Crippen molar-refractivity contribution in [1.29, 1.82) is 0 Å². The van der Waals surface area contributed by atoms with Crippen molar-refractivity contribution in [2.24, 2.45) is 4.99 Å². The van der Waals surface area contributed by atoms with E-state index in [1.807, 2.05) is 0 Å². The zero-order valence-corrected chi connectivity index (χ0v) is 16.1. The third kappa shape index (κ3) is 3.52. The van der Waals surface area contributed by atoms with Gasteiger partial charge in [0.25, 0.3) is 10.0 Å². The summed E-state index contributed by atoms with van der Waals surface area (Å²) in [6.45, 7) is 1.80. The van der Waals surface area contributed by atoms with Gasteiger partial charge in [0.1, 0.15) is 17.7 Å². The standard InChI is InChI=1S/C20H20FN3O3S/c1-13(22-19-16-7-3-5-9-18(16)28(26,27)23-19)20(25)24(15-10-11-15)12-14-6-2-4-8-17(14)21/h2-9,13,15H,10-12H2,1H3,(H,22,23)/t13-/m0/s1. The largest absolute Gasteiger partial charge is 0.333 e. The lowest BCUT2D eigenvalue weighted by Gasteiger charge is -2.25. The van der Waals surface area contributed by atoms with Crippen molar-refractivity contribution >= 4 is 21.8 Å². The molecule has 146 valence electrons. The summed E-state index contributed by atoms with van der Waals surface area (Å²) in [4.78, 5) is 19.2. The highest BCUT2D eigenvalue weighted by atomic mass is 32.2. The highest BCUT2D eigenvalue weighted by molar-refractivity contribution is 7.90. The number of hydrogen-bond donors (Lipinski definition) is 1. The summed E-state index contributed by atoms with van der Waals surface area (Å²) in [6, 6.07) is 12.2. The number of amides is 1. The summed E-state index contributed by atoms with van der Waals surface area (Å²) in [5.41, 5.74) is 0.906. The van der Waals surface area contributed by atoms with E-state index in [2.05, 4.69) is 9.71 Å². The van der Waals surface area contributed by atoms with E-state index in [0.29, 0.717) is 11.1 Å². The molecule has 1 heterocycles. The van der Waals surface area contributed by atoms with Crippen LogP contribution in [0.2, 0.25) is 0 Å². The Labute approximate surface area is 163 Å². The molecule has 2 aromatic carbocycles. The number of hydrogen-bond acceptors (Lipinski definition) is 4. The summed E-state index contributed by atoms with van der Waals surface area (Å²) >= 11 is 0. The molecule has 1 aliphatic heterocycles. The topological polar surface area (TPSA) is 78.8 Å². The molecular formula is C20H20FN3O3S. The molecule has 1 saturated carbocycles. The van der Waals surface area contributed by atoms with Crippen LogP contribution in [0.25, 0.3) is 0 Å². The molecule has 0 spiro atoms. The Morgan fingerprint density at radius 1 is 1.21 bits per heavy atom. The molecular weight excluding hydrogens is 381 g/mol. The van der Waals surface area contributed by atoms with Crippen LogP contribution in [0.15, 0.2) is 58.4 Å². The van der Waals surface area contributed by atoms with E-state index in [-0.39, 0.29) is 35.0 Å². The van der Waals surface area contributed by atoms with E-state index in [0.717, 1.165) is 12.8 Å². The van der Waals surface area contributed by atoms with E-state index in [9.17, 15) is 17.6 Å². The molecule has 4 rings (SSSR count). The fourth-order valence-electron chi connectivity index (χ4n) is 3.30. The van der Waals surface area contributed by atoms with Gasteiger partial charge in [-0.3, -0.25) is 14.5 Å². The number of carbonyl (C=O) groups excluding carboxylic acids is 1. The highest BCUT2D eigenvalue weighted by Crippen LogP contribution is 2.30. The second-order valence-electron chi connectivity index (χ2n) is 7.04. The molecule has 0 bridgehead atoms. The second kappa shape index (κ2) is 7.01. The summed E-state index contributed by atoms with van der Waals surface area (Å²) in [7, 11) is -3.66. The summed E-state index contributed by atoms with van der Waals surface area (Å²) in [6.07, 6.45) is 1.75. The first-order chi connectivity index (χ1) is 13.4. The Hall–Kier alpha value is -2.74. The van der Waals surface area contributed by atoms with Gasteiger partial charge in [0.05, 0.1) is 4.90 Å². The molecule has 2 aromatic rings. The first-order valence-electron chi connectivity index (χ1n) is 9.11. The van der Waals surface area contributed by atoms with Crippen LogP contribution >= 0.6 is 0 Å². The lowest BCUT2D eigenvalue weighted by Crippen LogP contribution is -2.39. The van der Waals surface area contributed by atoms with Crippen molar-refractivity contribution < 1.29 is 17.6 Å². The van der Waals surface area contributed by atoms with Gasteiger partial charge in [-0.2, -0.15) is 0 Å². The van der Waals surface area contributed by atoms with Gasteiger partial charge in [-0.1, -0.05) is 30.3 Å². The Kier molecular flexibility index (Phi) is 4.66. The Morgan fingerprint density at radius 3 is 2.61 bits per heavy atom. The van der Waals surface area contributed by atoms with Gasteiger partial charge >= 0.3 is 0 Å². The lowest BCUT2D eigenvalue weighted by molar-refractivity contribution is -0.133. The predicted molar refractivity (Wildman–Crippen MR) is 103 cm³/mol. The normalized spacial score (nSPS) is 19.7. The summed E-state index contributed by atoms with van der Waals surface area (Å²) < 4.78 is 40.9. The van der Waals surface area contributed by atoms with Gasteiger partial charge in [-0.25, -0.2) is 12.8 Å². The van der Waals surface area contributed by atoms with Gasteiger partial charge in [0.15, 0.2) is 0 Å². The van der Waals surface area contributed by atoms with Crippen LogP contribution in [-0.4, -0.2) is 37.1 Å². The van der Waals surface area contributed by atoms with Gasteiger partial charge in [0.2, 0.25) is 5.91 Å². The fourth-order valence-corrected chi connectivity index (χ4v) is 4.54. The maximum Gasteiger partial charge on any atom is 0.263 e. The summed E-state index contributed by atoms with van der Waals surface area (Å²) in [5.74, 6) is -0.433. The number of amidine groups is 1. The number of fused-ring (bicyclic) bond motifs is 1. The quantitative estimate of drug-likeness (QED) is 0.836. The zero-order valence-electron chi connectivity index (χ0n) is 15.3. The molecule has 1 amide bonds. The number of halogens is 1. The Balaban J connectivity index is 1.59. The van der Waals surface area contributed by atoms with Crippen molar-refractivity contribution in [3.63, 3.8) is 0 Å². The van der Waals surface area contributed by atoms with Crippen LogP contribution in [0.5, 0.6) is 0 Å². The van der Waals surface area contributed by atoms with Gasteiger partial charge < -0.3 is 4.90 Å². The summed E-state index contributed by atoms with van der Waals surface area (Å²) in [5, 5.41) is 0. The minimum absolute atomic E-state index is 0.0716. The molecule has 8 heteroatoms. The minimum atomic E-state index is -3.66.